The number of aromatic nitrogens is 2. The first-order valence-electron chi connectivity index (χ1n) is 7.68. The van der Waals surface area contributed by atoms with Gasteiger partial charge in [-0.2, -0.15) is 5.26 Å². The number of nitrogens with one attached hydrogen (secondary N) is 1. The van der Waals surface area contributed by atoms with Gasteiger partial charge in [0.15, 0.2) is 0 Å². The lowest BCUT2D eigenvalue weighted by molar-refractivity contribution is -0.115. The van der Waals surface area contributed by atoms with E-state index in [-0.39, 0.29) is 11.2 Å². The topological polar surface area (TPSA) is 78.7 Å². The van der Waals surface area contributed by atoms with Gasteiger partial charge < -0.3 is 5.32 Å². The fraction of sp³-hybridized carbons (Fsp3) is 0.222. The maximum Gasteiger partial charge on any atom is 0.237 e. The molecule has 1 N–H and O–H groups in total. The minimum atomic E-state index is -0.357. The number of hydrogen-bond donors (Lipinski definition) is 1. The molecule has 0 fully saturated rings. The van der Waals surface area contributed by atoms with Gasteiger partial charge in [0.2, 0.25) is 5.91 Å². The molecule has 0 aliphatic carbocycles. The highest BCUT2D eigenvalue weighted by Crippen LogP contribution is 2.36. The highest BCUT2D eigenvalue weighted by molar-refractivity contribution is 8.00. The van der Waals surface area contributed by atoms with E-state index in [1.54, 1.807) is 35.6 Å². The number of hydrogen-bond acceptors (Lipinski definition) is 6. The van der Waals surface area contributed by atoms with Crippen molar-refractivity contribution in [2.75, 3.05) is 5.32 Å². The van der Waals surface area contributed by atoms with Crippen molar-refractivity contribution in [3.05, 3.63) is 46.6 Å². The summed E-state index contributed by atoms with van der Waals surface area (Å²) in [5.74, 6) is -0.163. The predicted molar refractivity (Wildman–Crippen MR) is 102 cm³/mol. The highest BCUT2D eigenvalue weighted by atomic mass is 32.2. The molecule has 0 saturated heterocycles. The Morgan fingerprint density at radius 1 is 1.32 bits per heavy atom. The Morgan fingerprint density at radius 2 is 2.08 bits per heavy atom. The second-order valence-electron chi connectivity index (χ2n) is 5.55. The number of rotatable bonds is 4. The first-order valence-corrected chi connectivity index (χ1v) is 9.38. The van der Waals surface area contributed by atoms with Crippen LogP contribution in [0.2, 0.25) is 0 Å². The Hall–Kier alpha value is -2.43. The van der Waals surface area contributed by atoms with Crippen LogP contribution in [-0.4, -0.2) is 21.1 Å². The van der Waals surface area contributed by atoms with Crippen molar-refractivity contribution >= 4 is 44.9 Å². The standard InChI is InChI=1S/C18H16N4OS2/c1-10-11(2)24-17-15(10)18(21-9-20-17)25-12(3)16(23)22-14-7-5-4-6-13(14)8-19/h4-7,9,12H,1-3H3,(H,22,23)/t12-/m0/s1. The van der Waals surface area contributed by atoms with Crippen molar-refractivity contribution in [1.82, 2.24) is 9.97 Å². The van der Waals surface area contributed by atoms with Gasteiger partial charge in [0.25, 0.3) is 0 Å². The summed E-state index contributed by atoms with van der Waals surface area (Å²) in [6.45, 7) is 5.94. The van der Waals surface area contributed by atoms with Crippen LogP contribution in [0.1, 0.15) is 22.9 Å². The smallest absolute Gasteiger partial charge is 0.237 e. The molecule has 0 unspecified atom stereocenters. The third-order valence-corrected chi connectivity index (χ3v) is 6.11. The summed E-state index contributed by atoms with van der Waals surface area (Å²) < 4.78 is 0. The monoisotopic (exact) mass is 368 g/mol. The number of amides is 1. The molecule has 126 valence electrons. The van der Waals surface area contributed by atoms with Gasteiger partial charge in [0.05, 0.1) is 16.5 Å². The van der Waals surface area contributed by atoms with Gasteiger partial charge >= 0.3 is 0 Å². The SMILES string of the molecule is Cc1sc2ncnc(S[C@@H](C)C(=O)Nc3ccccc3C#N)c2c1C. The number of anilines is 1. The Kier molecular flexibility index (Phi) is 5.02. The number of nitriles is 1. The van der Waals surface area contributed by atoms with Gasteiger partial charge in [-0.15, -0.1) is 11.3 Å². The molecule has 2 aromatic heterocycles. The van der Waals surface area contributed by atoms with E-state index in [1.165, 1.54) is 23.0 Å². The highest BCUT2D eigenvalue weighted by Gasteiger charge is 2.20. The lowest BCUT2D eigenvalue weighted by Gasteiger charge is -2.13. The molecule has 1 aromatic carbocycles. The van der Waals surface area contributed by atoms with Crippen LogP contribution >= 0.6 is 23.1 Å². The van der Waals surface area contributed by atoms with Crippen LogP contribution in [-0.2, 0) is 4.79 Å². The summed E-state index contributed by atoms with van der Waals surface area (Å²) in [5, 5.41) is 13.4. The first kappa shape index (κ1) is 17.4. The lowest BCUT2D eigenvalue weighted by Crippen LogP contribution is -2.23. The third kappa shape index (κ3) is 3.50. The van der Waals surface area contributed by atoms with Crippen LogP contribution < -0.4 is 5.32 Å². The van der Waals surface area contributed by atoms with Gasteiger partial charge in [0.1, 0.15) is 22.3 Å². The van der Waals surface area contributed by atoms with Crippen molar-refractivity contribution in [2.45, 2.75) is 31.0 Å². The minimum absolute atomic E-state index is 0.163. The average molecular weight is 368 g/mol. The van der Waals surface area contributed by atoms with Gasteiger partial charge in [-0.1, -0.05) is 23.9 Å². The summed E-state index contributed by atoms with van der Waals surface area (Å²) in [5.41, 5.74) is 2.13. The number of thioether (sulfide) groups is 1. The molecule has 5 nitrogen and oxygen atoms in total. The van der Waals surface area contributed by atoms with Crippen molar-refractivity contribution in [2.24, 2.45) is 0 Å². The normalized spacial score (nSPS) is 11.9. The lowest BCUT2D eigenvalue weighted by atomic mass is 10.2. The molecule has 3 aromatic rings. The quantitative estimate of drug-likeness (QED) is 0.549. The van der Waals surface area contributed by atoms with Crippen LogP contribution in [0.5, 0.6) is 0 Å². The molecule has 3 rings (SSSR count). The number of thiophene rings is 1. The predicted octanol–water partition coefficient (Wildman–Crippen LogP) is 4.30. The number of nitrogens with zero attached hydrogens (tertiary/aromatic N) is 3. The van der Waals surface area contributed by atoms with Gasteiger partial charge in [-0.05, 0) is 38.5 Å². The zero-order chi connectivity index (χ0) is 18.0. The van der Waals surface area contributed by atoms with E-state index in [2.05, 4.69) is 35.2 Å². The molecular weight excluding hydrogens is 352 g/mol. The Bertz CT molecular complexity index is 990. The third-order valence-electron chi connectivity index (χ3n) is 3.89. The summed E-state index contributed by atoms with van der Waals surface area (Å²) in [6, 6.07) is 9.05. The molecule has 0 aliphatic rings. The van der Waals surface area contributed by atoms with E-state index in [1.807, 2.05) is 6.92 Å². The zero-order valence-corrected chi connectivity index (χ0v) is 15.7. The molecule has 0 aliphatic heterocycles. The number of benzene rings is 1. The van der Waals surface area contributed by atoms with E-state index < -0.39 is 0 Å². The zero-order valence-electron chi connectivity index (χ0n) is 14.0. The van der Waals surface area contributed by atoms with Gasteiger partial charge in [0, 0.05) is 10.3 Å². The molecule has 0 bridgehead atoms. The van der Waals surface area contributed by atoms with Crippen molar-refractivity contribution in [3.63, 3.8) is 0 Å². The van der Waals surface area contributed by atoms with E-state index >= 15 is 0 Å². The number of aryl methyl sites for hydroxylation is 2. The van der Waals surface area contributed by atoms with Crippen molar-refractivity contribution < 1.29 is 4.79 Å². The summed E-state index contributed by atoms with van der Waals surface area (Å²) in [4.78, 5) is 23.4. The molecule has 2 heterocycles. The average Bonchev–Trinajstić information content (AvgIpc) is 2.90. The largest absolute Gasteiger partial charge is 0.324 e. The summed E-state index contributed by atoms with van der Waals surface area (Å²) >= 11 is 3.04. The maximum atomic E-state index is 12.5. The van der Waals surface area contributed by atoms with Crippen LogP contribution in [0, 0.1) is 25.2 Å². The van der Waals surface area contributed by atoms with E-state index in [0.717, 1.165) is 20.8 Å². The van der Waals surface area contributed by atoms with E-state index in [4.69, 9.17) is 5.26 Å². The molecule has 25 heavy (non-hydrogen) atoms. The van der Waals surface area contributed by atoms with Crippen molar-refractivity contribution in [1.29, 1.82) is 5.26 Å². The number of carbonyl (C=O) groups excluding carboxylic acids is 1. The minimum Gasteiger partial charge on any atom is -0.324 e. The first-order chi connectivity index (χ1) is 12.0. The Labute approximate surface area is 154 Å². The molecule has 7 heteroatoms. The van der Waals surface area contributed by atoms with Crippen LogP contribution in [0.4, 0.5) is 5.69 Å². The molecule has 0 spiro atoms. The Morgan fingerprint density at radius 3 is 2.84 bits per heavy atom. The number of carbonyl (C=O) groups is 1. The summed E-state index contributed by atoms with van der Waals surface area (Å²) in [6.07, 6.45) is 1.54. The molecular formula is C18H16N4OS2. The molecule has 0 radical (unpaired) electrons. The fourth-order valence-corrected chi connectivity index (χ4v) is 4.42. The van der Waals surface area contributed by atoms with Crippen LogP contribution in [0.25, 0.3) is 10.2 Å². The number of para-hydroxylation sites is 1. The van der Waals surface area contributed by atoms with E-state index in [0.29, 0.717) is 11.3 Å². The fourth-order valence-electron chi connectivity index (χ4n) is 2.38. The van der Waals surface area contributed by atoms with Crippen molar-refractivity contribution in [3.8, 4) is 6.07 Å². The van der Waals surface area contributed by atoms with Crippen LogP contribution in [0.3, 0.4) is 0 Å². The maximum absolute atomic E-state index is 12.5. The molecule has 0 saturated carbocycles. The van der Waals surface area contributed by atoms with Gasteiger partial charge in [-0.3, -0.25) is 4.79 Å². The van der Waals surface area contributed by atoms with Crippen LogP contribution in [0.15, 0.2) is 35.6 Å². The summed E-state index contributed by atoms with van der Waals surface area (Å²) in [7, 11) is 0. The second kappa shape index (κ2) is 7.21. The number of fused-ring (bicyclic) bond motifs is 1. The Balaban J connectivity index is 1.82. The van der Waals surface area contributed by atoms with E-state index in [9.17, 15) is 4.79 Å². The second-order valence-corrected chi connectivity index (χ2v) is 8.08. The molecule has 1 amide bonds. The van der Waals surface area contributed by atoms with Gasteiger partial charge in [-0.25, -0.2) is 9.97 Å². The molecule has 1 atom stereocenters.